The number of nitrogens with two attached hydrogens (primary N) is 1. The third-order valence-electron chi connectivity index (χ3n) is 4.40. The molecule has 0 saturated heterocycles. The van der Waals surface area contributed by atoms with E-state index in [1.165, 1.54) is 4.90 Å². The predicted molar refractivity (Wildman–Crippen MR) is 101 cm³/mol. The molecule has 1 aliphatic rings. The largest absolute Gasteiger partial charge is 0.338 e. The standard InChI is InChI=1S/C20H22N4O3/c21-12-14-5-3-6-15(11-14)13-23-20(27)22-9-4-10-24-18(25)16-7-1-2-8-17(16)19(24)26/h1-3,5-8,11H,4,9-10,12-13,21H2,(H2,22,23,27). The molecule has 1 aliphatic heterocycles. The second-order valence-electron chi connectivity index (χ2n) is 6.29. The Hall–Kier alpha value is -3.19. The highest BCUT2D eigenvalue weighted by Gasteiger charge is 2.34. The molecule has 0 unspecified atom stereocenters. The molecular formula is C20H22N4O3. The maximum atomic E-state index is 12.2. The van der Waals surface area contributed by atoms with Crippen LogP contribution in [0.2, 0.25) is 0 Å². The Labute approximate surface area is 157 Å². The molecule has 0 atom stereocenters. The number of urea groups is 1. The Balaban J connectivity index is 1.40. The van der Waals surface area contributed by atoms with Crippen LogP contribution in [0.5, 0.6) is 0 Å². The van der Waals surface area contributed by atoms with Crippen LogP contribution >= 0.6 is 0 Å². The second-order valence-corrected chi connectivity index (χ2v) is 6.29. The van der Waals surface area contributed by atoms with Gasteiger partial charge in [-0.3, -0.25) is 14.5 Å². The Morgan fingerprint density at radius 3 is 2.26 bits per heavy atom. The number of hydrogen-bond acceptors (Lipinski definition) is 4. The molecule has 1 heterocycles. The average Bonchev–Trinajstić information content (AvgIpc) is 2.94. The van der Waals surface area contributed by atoms with Crippen molar-refractivity contribution in [2.45, 2.75) is 19.5 Å². The van der Waals surface area contributed by atoms with Gasteiger partial charge in [0.15, 0.2) is 0 Å². The molecule has 0 bridgehead atoms. The number of benzene rings is 2. The van der Waals surface area contributed by atoms with Gasteiger partial charge in [0.2, 0.25) is 0 Å². The van der Waals surface area contributed by atoms with Gasteiger partial charge in [-0.05, 0) is 29.7 Å². The molecule has 7 nitrogen and oxygen atoms in total. The quantitative estimate of drug-likeness (QED) is 0.512. The molecular weight excluding hydrogens is 344 g/mol. The van der Waals surface area contributed by atoms with E-state index < -0.39 is 0 Å². The Morgan fingerprint density at radius 1 is 0.926 bits per heavy atom. The normalized spacial score (nSPS) is 12.9. The van der Waals surface area contributed by atoms with Crippen molar-refractivity contribution in [1.29, 1.82) is 0 Å². The molecule has 2 aromatic rings. The number of carbonyl (C=O) groups is 3. The van der Waals surface area contributed by atoms with E-state index in [0.29, 0.717) is 37.2 Å². The van der Waals surface area contributed by atoms with Crippen molar-refractivity contribution < 1.29 is 14.4 Å². The smallest absolute Gasteiger partial charge is 0.315 e. The Morgan fingerprint density at radius 2 is 1.59 bits per heavy atom. The molecule has 0 saturated carbocycles. The van der Waals surface area contributed by atoms with Crippen LogP contribution in [0.3, 0.4) is 0 Å². The van der Waals surface area contributed by atoms with Gasteiger partial charge in [0.25, 0.3) is 11.8 Å². The van der Waals surface area contributed by atoms with Crippen LogP contribution in [0.4, 0.5) is 4.79 Å². The molecule has 4 N–H and O–H groups in total. The van der Waals surface area contributed by atoms with Crippen LogP contribution in [0.15, 0.2) is 48.5 Å². The maximum Gasteiger partial charge on any atom is 0.315 e. The van der Waals surface area contributed by atoms with Gasteiger partial charge in [0.1, 0.15) is 0 Å². The number of carbonyl (C=O) groups excluding carboxylic acids is 3. The third kappa shape index (κ3) is 4.32. The van der Waals surface area contributed by atoms with Crippen molar-refractivity contribution in [3.63, 3.8) is 0 Å². The number of imide groups is 1. The van der Waals surface area contributed by atoms with Crippen LogP contribution in [0, 0.1) is 0 Å². The summed E-state index contributed by atoms with van der Waals surface area (Å²) in [4.78, 5) is 37.6. The highest BCUT2D eigenvalue weighted by molar-refractivity contribution is 6.21. The summed E-state index contributed by atoms with van der Waals surface area (Å²) in [6.45, 7) is 1.49. The first kappa shape index (κ1) is 18.6. The minimum atomic E-state index is -0.296. The highest BCUT2D eigenvalue weighted by atomic mass is 16.2. The van der Waals surface area contributed by atoms with Crippen molar-refractivity contribution >= 4 is 17.8 Å². The first-order valence-corrected chi connectivity index (χ1v) is 8.85. The van der Waals surface area contributed by atoms with E-state index in [0.717, 1.165) is 11.1 Å². The summed E-state index contributed by atoms with van der Waals surface area (Å²) in [6.07, 6.45) is 0.488. The lowest BCUT2D eigenvalue weighted by atomic mass is 10.1. The Kier molecular flexibility index (Phi) is 5.83. The van der Waals surface area contributed by atoms with E-state index in [9.17, 15) is 14.4 Å². The topological polar surface area (TPSA) is 105 Å². The average molecular weight is 366 g/mol. The molecule has 0 radical (unpaired) electrons. The Bertz CT molecular complexity index is 831. The number of hydrogen-bond donors (Lipinski definition) is 3. The first-order chi connectivity index (χ1) is 13.1. The molecule has 0 aromatic heterocycles. The van der Waals surface area contributed by atoms with Crippen molar-refractivity contribution in [3.05, 3.63) is 70.8 Å². The molecule has 3 rings (SSSR count). The molecule has 0 fully saturated rings. The summed E-state index contributed by atoms with van der Waals surface area (Å²) in [6, 6.07) is 14.2. The predicted octanol–water partition coefficient (Wildman–Crippen LogP) is 1.63. The SMILES string of the molecule is NCc1cccc(CNC(=O)NCCCN2C(=O)c3ccccc3C2=O)c1. The van der Waals surface area contributed by atoms with Crippen molar-refractivity contribution in [1.82, 2.24) is 15.5 Å². The van der Waals surface area contributed by atoms with Gasteiger partial charge in [0.05, 0.1) is 11.1 Å². The van der Waals surface area contributed by atoms with Gasteiger partial charge < -0.3 is 16.4 Å². The van der Waals surface area contributed by atoms with Crippen LogP contribution in [0.1, 0.15) is 38.3 Å². The van der Waals surface area contributed by atoms with E-state index in [1.807, 2.05) is 24.3 Å². The summed E-state index contributed by atoms with van der Waals surface area (Å²) >= 11 is 0. The van der Waals surface area contributed by atoms with Gasteiger partial charge in [-0.25, -0.2) is 4.79 Å². The van der Waals surface area contributed by atoms with Crippen molar-refractivity contribution in [2.24, 2.45) is 5.73 Å². The van der Waals surface area contributed by atoms with Crippen molar-refractivity contribution in [2.75, 3.05) is 13.1 Å². The summed E-state index contributed by atoms with van der Waals surface area (Å²) < 4.78 is 0. The van der Waals surface area contributed by atoms with Crippen LogP contribution in [0.25, 0.3) is 0 Å². The van der Waals surface area contributed by atoms with Crippen molar-refractivity contribution in [3.8, 4) is 0 Å². The lowest BCUT2D eigenvalue weighted by Gasteiger charge is -2.14. The number of nitrogens with one attached hydrogen (secondary N) is 2. The number of amides is 4. The molecule has 0 aliphatic carbocycles. The van der Waals surface area contributed by atoms with Crippen LogP contribution in [-0.2, 0) is 13.1 Å². The van der Waals surface area contributed by atoms with Gasteiger partial charge >= 0.3 is 6.03 Å². The molecule has 2 aromatic carbocycles. The fraction of sp³-hybridized carbons (Fsp3) is 0.250. The fourth-order valence-corrected chi connectivity index (χ4v) is 2.99. The molecule has 7 heteroatoms. The third-order valence-corrected chi connectivity index (χ3v) is 4.40. The lowest BCUT2D eigenvalue weighted by Crippen LogP contribution is -2.37. The van der Waals surface area contributed by atoms with E-state index >= 15 is 0 Å². The zero-order valence-corrected chi connectivity index (χ0v) is 14.9. The van der Waals surface area contributed by atoms with E-state index in [1.54, 1.807) is 24.3 Å². The monoisotopic (exact) mass is 366 g/mol. The second kappa shape index (κ2) is 8.46. The van der Waals surface area contributed by atoms with E-state index in [-0.39, 0.29) is 24.4 Å². The van der Waals surface area contributed by atoms with Gasteiger partial charge in [-0.2, -0.15) is 0 Å². The first-order valence-electron chi connectivity index (χ1n) is 8.85. The minimum Gasteiger partial charge on any atom is -0.338 e. The van der Waals surface area contributed by atoms with E-state index in [4.69, 9.17) is 5.73 Å². The zero-order chi connectivity index (χ0) is 19.2. The summed E-state index contributed by atoms with van der Waals surface area (Å²) in [7, 11) is 0. The maximum absolute atomic E-state index is 12.2. The molecule has 27 heavy (non-hydrogen) atoms. The number of fused-ring (bicyclic) bond motifs is 1. The summed E-state index contributed by atoms with van der Waals surface area (Å²) in [5, 5.41) is 5.50. The molecule has 4 amide bonds. The van der Waals surface area contributed by atoms with Gasteiger partial charge in [-0.15, -0.1) is 0 Å². The summed E-state index contributed by atoms with van der Waals surface area (Å²) in [5.74, 6) is -0.556. The number of nitrogens with zero attached hydrogens (tertiary/aromatic N) is 1. The molecule has 140 valence electrons. The molecule has 0 spiro atoms. The van der Waals surface area contributed by atoms with Crippen LogP contribution < -0.4 is 16.4 Å². The van der Waals surface area contributed by atoms with E-state index in [2.05, 4.69) is 10.6 Å². The lowest BCUT2D eigenvalue weighted by molar-refractivity contribution is 0.0653. The highest BCUT2D eigenvalue weighted by Crippen LogP contribution is 2.22. The minimum absolute atomic E-state index is 0.269. The zero-order valence-electron chi connectivity index (χ0n) is 14.9. The van der Waals surface area contributed by atoms with Gasteiger partial charge in [0, 0.05) is 26.2 Å². The van der Waals surface area contributed by atoms with Gasteiger partial charge in [-0.1, -0.05) is 36.4 Å². The van der Waals surface area contributed by atoms with Crippen LogP contribution in [-0.4, -0.2) is 35.8 Å². The number of rotatable bonds is 7. The summed E-state index contributed by atoms with van der Waals surface area (Å²) in [5.41, 5.74) is 8.46. The fourth-order valence-electron chi connectivity index (χ4n) is 2.99.